The summed E-state index contributed by atoms with van der Waals surface area (Å²) in [5, 5.41) is 21.7. The van der Waals surface area contributed by atoms with Crippen molar-refractivity contribution in [1.29, 1.82) is 0 Å². The third-order valence-electron chi connectivity index (χ3n) is 5.75. The van der Waals surface area contributed by atoms with Crippen molar-refractivity contribution in [2.24, 2.45) is 0 Å². The number of ketones is 1. The first kappa shape index (κ1) is 26.9. The third-order valence-corrected chi connectivity index (χ3v) is 5.75. The highest BCUT2D eigenvalue weighted by atomic mass is 16.5. The second-order valence-corrected chi connectivity index (χ2v) is 8.48. The number of carbonyl (C=O) groups excluding carboxylic acids is 2. The number of phenolic OH excluding ortho intramolecular Hbond substituents is 1. The number of hydrogen-bond donors (Lipinski definition) is 2. The van der Waals surface area contributed by atoms with Crippen LogP contribution in [0.3, 0.4) is 0 Å². The summed E-state index contributed by atoms with van der Waals surface area (Å²) in [5.74, 6) is -0.791. The molecule has 36 heavy (non-hydrogen) atoms. The first-order chi connectivity index (χ1) is 17.2. The Bertz CT molecular complexity index is 1140. The van der Waals surface area contributed by atoms with Crippen LogP contribution in [0.4, 0.5) is 0 Å². The van der Waals surface area contributed by atoms with Gasteiger partial charge in [-0.15, -0.1) is 0 Å². The van der Waals surface area contributed by atoms with Crippen LogP contribution in [-0.4, -0.2) is 78.7 Å². The Labute approximate surface area is 211 Å². The van der Waals surface area contributed by atoms with Crippen LogP contribution in [0, 0.1) is 0 Å². The van der Waals surface area contributed by atoms with Gasteiger partial charge in [-0.3, -0.25) is 9.59 Å². The maximum Gasteiger partial charge on any atom is 0.295 e. The zero-order chi connectivity index (χ0) is 26.4. The SMILES string of the molecule is CCOc1ccc(/C(O)=C2\C(=O)C(=O)N(CCN(C)C)C2c2ccc(O)c(OCC)c2)c(OCC)c1. The Hall–Kier alpha value is -3.72. The molecule has 0 radical (unpaired) electrons. The van der Waals surface area contributed by atoms with Gasteiger partial charge in [0.25, 0.3) is 11.7 Å². The molecule has 1 unspecified atom stereocenters. The largest absolute Gasteiger partial charge is 0.507 e. The highest BCUT2D eigenvalue weighted by Gasteiger charge is 2.46. The maximum atomic E-state index is 13.3. The van der Waals surface area contributed by atoms with E-state index in [2.05, 4.69) is 0 Å². The summed E-state index contributed by atoms with van der Waals surface area (Å²) in [6.07, 6.45) is 0. The number of ether oxygens (including phenoxy) is 3. The minimum Gasteiger partial charge on any atom is -0.507 e. The topological polar surface area (TPSA) is 109 Å². The molecule has 0 aliphatic carbocycles. The van der Waals surface area contributed by atoms with Crippen molar-refractivity contribution in [2.45, 2.75) is 26.8 Å². The van der Waals surface area contributed by atoms with E-state index in [0.29, 0.717) is 43.4 Å². The first-order valence-electron chi connectivity index (χ1n) is 12.0. The average molecular weight is 499 g/mol. The van der Waals surface area contributed by atoms with Crippen LogP contribution in [-0.2, 0) is 9.59 Å². The van der Waals surface area contributed by atoms with Crippen LogP contribution in [0.1, 0.15) is 37.9 Å². The lowest BCUT2D eigenvalue weighted by molar-refractivity contribution is -0.140. The molecule has 1 fully saturated rings. The van der Waals surface area contributed by atoms with Crippen LogP contribution in [0.5, 0.6) is 23.0 Å². The van der Waals surface area contributed by atoms with Crippen LogP contribution < -0.4 is 14.2 Å². The maximum absolute atomic E-state index is 13.3. The molecule has 1 heterocycles. The molecule has 1 saturated heterocycles. The minimum atomic E-state index is -0.884. The van der Waals surface area contributed by atoms with E-state index in [9.17, 15) is 19.8 Å². The molecule has 2 aromatic carbocycles. The zero-order valence-corrected chi connectivity index (χ0v) is 21.4. The molecule has 0 saturated carbocycles. The van der Waals surface area contributed by atoms with Crippen molar-refractivity contribution < 1.29 is 34.0 Å². The Morgan fingerprint density at radius 3 is 2.25 bits per heavy atom. The number of benzene rings is 2. The number of likely N-dealkylation sites (tertiary alicyclic amines) is 1. The fraction of sp³-hybridized carbons (Fsp3) is 0.407. The highest BCUT2D eigenvalue weighted by molar-refractivity contribution is 6.46. The molecule has 0 spiro atoms. The molecular formula is C27H34N2O7. The lowest BCUT2D eigenvalue weighted by Crippen LogP contribution is -2.35. The fourth-order valence-corrected chi connectivity index (χ4v) is 4.11. The monoisotopic (exact) mass is 498 g/mol. The summed E-state index contributed by atoms with van der Waals surface area (Å²) in [7, 11) is 3.74. The molecule has 2 aromatic rings. The Balaban J connectivity index is 2.21. The van der Waals surface area contributed by atoms with Crippen molar-refractivity contribution in [3.8, 4) is 23.0 Å². The molecule has 1 amide bonds. The molecule has 194 valence electrons. The van der Waals surface area contributed by atoms with Crippen molar-refractivity contribution >= 4 is 17.4 Å². The van der Waals surface area contributed by atoms with Crippen molar-refractivity contribution in [3.63, 3.8) is 0 Å². The molecule has 0 bridgehead atoms. The number of aromatic hydroxyl groups is 1. The number of carbonyl (C=O) groups is 2. The number of rotatable bonds is 11. The van der Waals surface area contributed by atoms with Gasteiger partial charge in [-0.25, -0.2) is 0 Å². The van der Waals surface area contributed by atoms with E-state index in [0.717, 1.165) is 0 Å². The van der Waals surface area contributed by atoms with E-state index >= 15 is 0 Å². The Morgan fingerprint density at radius 1 is 0.944 bits per heavy atom. The molecule has 1 aliphatic heterocycles. The quantitative estimate of drug-likeness (QED) is 0.275. The average Bonchev–Trinajstić information content (AvgIpc) is 3.09. The first-order valence-corrected chi connectivity index (χ1v) is 12.0. The molecule has 9 nitrogen and oxygen atoms in total. The molecular weight excluding hydrogens is 464 g/mol. The number of likely N-dealkylation sites (N-methyl/N-ethyl adjacent to an activating group) is 1. The lowest BCUT2D eigenvalue weighted by atomic mass is 9.94. The van der Waals surface area contributed by atoms with E-state index in [4.69, 9.17) is 14.2 Å². The number of Topliss-reactive ketones (excluding diaryl/α,β-unsaturated/α-hetero) is 1. The number of amides is 1. The third kappa shape index (κ3) is 5.57. The van der Waals surface area contributed by atoms with Crippen LogP contribution in [0.2, 0.25) is 0 Å². The van der Waals surface area contributed by atoms with E-state index in [1.165, 1.54) is 11.0 Å². The molecule has 9 heteroatoms. The number of phenols is 1. The van der Waals surface area contributed by atoms with E-state index < -0.39 is 17.7 Å². The summed E-state index contributed by atoms with van der Waals surface area (Å²) >= 11 is 0. The lowest BCUT2D eigenvalue weighted by Gasteiger charge is -2.27. The van der Waals surface area contributed by atoms with Gasteiger partial charge in [0.15, 0.2) is 11.5 Å². The Morgan fingerprint density at radius 2 is 1.61 bits per heavy atom. The standard InChI is InChI=1S/C27H34N2O7/c1-6-34-18-10-11-19(21(16-18)35-7-2)25(31)23-24(17-9-12-20(30)22(15-17)36-8-3)29(14-13-28(4)5)27(33)26(23)32/h9-12,15-16,24,30-31H,6-8,13-14H2,1-5H3/b25-23+. The molecule has 3 rings (SSSR count). The molecule has 2 N–H and O–H groups in total. The minimum absolute atomic E-state index is 0.0583. The second kappa shape index (κ2) is 11.8. The van der Waals surface area contributed by atoms with Gasteiger partial charge in [0.05, 0.1) is 37.0 Å². The number of aliphatic hydroxyl groups is 1. The summed E-state index contributed by atoms with van der Waals surface area (Å²) in [6, 6.07) is 8.70. The Kier molecular flexibility index (Phi) is 8.82. The van der Waals surface area contributed by atoms with Gasteiger partial charge in [-0.05, 0) is 64.7 Å². The van der Waals surface area contributed by atoms with Crippen molar-refractivity contribution in [3.05, 3.63) is 53.1 Å². The summed E-state index contributed by atoms with van der Waals surface area (Å²) < 4.78 is 16.8. The summed E-state index contributed by atoms with van der Waals surface area (Å²) in [4.78, 5) is 29.8. The normalized spacial score (nSPS) is 17.1. The van der Waals surface area contributed by atoms with Gasteiger partial charge in [0, 0.05) is 19.2 Å². The van der Waals surface area contributed by atoms with E-state index in [-0.39, 0.29) is 34.9 Å². The zero-order valence-electron chi connectivity index (χ0n) is 21.4. The van der Waals surface area contributed by atoms with Gasteiger partial charge in [0.1, 0.15) is 17.3 Å². The van der Waals surface area contributed by atoms with Crippen LogP contribution in [0.25, 0.3) is 5.76 Å². The molecule has 0 aromatic heterocycles. The van der Waals surface area contributed by atoms with Crippen LogP contribution >= 0.6 is 0 Å². The molecule has 1 aliphatic rings. The van der Waals surface area contributed by atoms with Gasteiger partial charge < -0.3 is 34.2 Å². The van der Waals surface area contributed by atoms with Gasteiger partial charge in [-0.1, -0.05) is 6.07 Å². The van der Waals surface area contributed by atoms with Gasteiger partial charge in [0.2, 0.25) is 0 Å². The number of nitrogens with zero attached hydrogens (tertiary/aromatic N) is 2. The van der Waals surface area contributed by atoms with E-state index in [1.807, 2.05) is 32.8 Å². The summed E-state index contributed by atoms with van der Waals surface area (Å²) in [6.45, 7) is 7.32. The van der Waals surface area contributed by atoms with Crippen molar-refractivity contribution in [2.75, 3.05) is 47.0 Å². The van der Waals surface area contributed by atoms with Gasteiger partial charge in [-0.2, -0.15) is 0 Å². The highest BCUT2D eigenvalue weighted by Crippen LogP contribution is 2.43. The smallest absolute Gasteiger partial charge is 0.295 e. The summed E-state index contributed by atoms with van der Waals surface area (Å²) in [5.41, 5.74) is 0.747. The number of hydrogen-bond acceptors (Lipinski definition) is 8. The van der Waals surface area contributed by atoms with E-state index in [1.54, 1.807) is 37.3 Å². The predicted octanol–water partition coefficient (Wildman–Crippen LogP) is 3.57. The number of aliphatic hydroxyl groups excluding tert-OH is 1. The molecule has 1 atom stereocenters. The second-order valence-electron chi connectivity index (χ2n) is 8.48. The van der Waals surface area contributed by atoms with Gasteiger partial charge >= 0.3 is 0 Å². The fourth-order valence-electron chi connectivity index (χ4n) is 4.11. The predicted molar refractivity (Wildman–Crippen MR) is 136 cm³/mol. The van der Waals surface area contributed by atoms with Crippen molar-refractivity contribution in [1.82, 2.24) is 9.80 Å². The van der Waals surface area contributed by atoms with Crippen LogP contribution in [0.15, 0.2) is 42.0 Å².